The number of rotatable bonds is 6. The molecule has 0 aliphatic carbocycles. The number of carbonyl (C=O) groups excluding carboxylic acids is 1. The molecule has 1 N–H and O–H groups in total. The van der Waals surface area contributed by atoms with Gasteiger partial charge in [0.15, 0.2) is 0 Å². The summed E-state index contributed by atoms with van der Waals surface area (Å²) in [4.78, 5) is 21.8. The van der Waals surface area contributed by atoms with Crippen LogP contribution in [-0.4, -0.2) is 50.0 Å². The number of thiophene rings is 1. The minimum atomic E-state index is -4.18. The van der Waals surface area contributed by atoms with Gasteiger partial charge in [-0.1, -0.05) is 5.92 Å². The van der Waals surface area contributed by atoms with Crippen molar-refractivity contribution in [2.45, 2.75) is 4.90 Å². The number of carboxylic acids is 1. The van der Waals surface area contributed by atoms with Gasteiger partial charge in [0, 0.05) is 0 Å². The van der Waals surface area contributed by atoms with Crippen molar-refractivity contribution in [1.29, 1.82) is 0 Å². The fraction of sp³-hybridized carbons (Fsp3) is 0.273. The summed E-state index contributed by atoms with van der Waals surface area (Å²) in [6.07, 6.45) is 5.04. The van der Waals surface area contributed by atoms with Crippen molar-refractivity contribution in [3.05, 3.63) is 16.3 Å². The Labute approximate surface area is 119 Å². The Morgan fingerprint density at radius 2 is 2.20 bits per heavy atom. The molecule has 0 fully saturated rings. The first-order valence-corrected chi connectivity index (χ1v) is 7.47. The van der Waals surface area contributed by atoms with Crippen LogP contribution >= 0.6 is 11.3 Å². The summed E-state index contributed by atoms with van der Waals surface area (Å²) in [5.41, 5.74) is 0. The van der Waals surface area contributed by atoms with Crippen LogP contribution in [0.5, 0.6) is 0 Å². The van der Waals surface area contributed by atoms with Gasteiger partial charge >= 0.3 is 11.9 Å². The van der Waals surface area contributed by atoms with Crippen molar-refractivity contribution >= 4 is 33.3 Å². The molecule has 7 nitrogen and oxygen atoms in total. The number of nitrogens with zero attached hydrogens (tertiary/aromatic N) is 1. The first-order chi connectivity index (χ1) is 9.34. The minimum Gasteiger partial charge on any atom is -0.480 e. The number of sulfonamides is 1. The summed E-state index contributed by atoms with van der Waals surface area (Å²) in [6.45, 7) is -1.20. The molecule has 9 heteroatoms. The normalized spacial score (nSPS) is 11.1. The molecule has 0 aromatic carbocycles. The Bertz CT molecular complexity index is 655. The van der Waals surface area contributed by atoms with Gasteiger partial charge in [-0.25, -0.2) is 13.2 Å². The quantitative estimate of drug-likeness (QED) is 0.596. The van der Waals surface area contributed by atoms with Crippen LogP contribution in [0.3, 0.4) is 0 Å². The van der Waals surface area contributed by atoms with Gasteiger partial charge in [0.25, 0.3) is 0 Å². The Morgan fingerprint density at radius 1 is 1.55 bits per heavy atom. The third-order valence-corrected chi connectivity index (χ3v) is 5.05. The number of methoxy groups -OCH3 is 1. The first kappa shape index (κ1) is 16.2. The zero-order valence-corrected chi connectivity index (χ0v) is 12.0. The molecule has 20 heavy (non-hydrogen) atoms. The van der Waals surface area contributed by atoms with Crippen LogP contribution in [0.2, 0.25) is 0 Å². The highest BCUT2D eigenvalue weighted by molar-refractivity contribution is 7.89. The molecule has 1 heterocycles. The van der Waals surface area contributed by atoms with Gasteiger partial charge in [0.05, 0.1) is 13.7 Å². The maximum atomic E-state index is 12.3. The second-order valence-corrected chi connectivity index (χ2v) is 6.30. The Kier molecular flexibility index (Phi) is 5.26. The molecule has 1 rings (SSSR count). The fourth-order valence-electron chi connectivity index (χ4n) is 1.36. The first-order valence-electron chi connectivity index (χ1n) is 5.15. The topological polar surface area (TPSA) is 101 Å². The van der Waals surface area contributed by atoms with Crippen molar-refractivity contribution in [3.63, 3.8) is 0 Å². The average Bonchev–Trinajstić information content (AvgIpc) is 2.86. The number of hydrogen-bond acceptors (Lipinski definition) is 6. The standard InChI is InChI=1S/C11H11NO6S2/c1-3-5-12(7-9(13)14)20(16,17)8-4-6-19-10(8)11(15)18-2/h1,4,6H,5,7H2,2H3,(H,13,14). The van der Waals surface area contributed by atoms with Gasteiger partial charge in [0.2, 0.25) is 10.0 Å². The summed E-state index contributed by atoms with van der Waals surface area (Å²) >= 11 is 0.884. The van der Waals surface area contributed by atoms with Crippen molar-refractivity contribution in [2.24, 2.45) is 0 Å². The van der Waals surface area contributed by atoms with Crippen LogP contribution in [0, 0.1) is 12.3 Å². The smallest absolute Gasteiger partial charge is 0.349 e. The highest BCUT2D eigenvalue weighted by atomic mass is 32.2. The minimum absolute atomic E-state index is 0.125. The van der Waals surface area contributed by atoms with E-state index in [1.807, 2.05) is 0 Å². The molecule has 0 aliphatic rings. The number of esters is 1. The molecular weight excluding hydrogens is 306 g/mol. The van der Waals surface area contributed by atoms with E-state index < -0.39 is 35.1 Å². The van der Waals surface area contributed by atoms with E-state index in [0.29, 0.717) is 4.31 Å². The molecule has 0 saturated heterocycles. The van der Waals surface area contributed by atoms with Crippen LogP contribution in [0.25, 0.3) is 0 Å². The van der Waals surface area contributed by atoms with Crippen LogP contribution < -0.4 is 0 Å². The number of ether oxygens (including phenoxy) is 1. The van der Waals surface area contributed by atoms with Gasteiger partial charge in [0.1, 0.15) is 16.3 Å². The summed E-state index contributed by atoms with van der Waals surface area (Å²) in [5.74, 6) is -0.0845. The molecule has 1 aromatic rings. The lowest BCUT2D eigenvalue weighted by molar-refractivity contribution is -0.137. The molecule has 0 amide bonds. The molecule has 0 radical (unpaired) electrons. The summed E-state index contributed by atoms with van der Waals surface area (Å²) < 4.78 is 29.7. The predicted molar refractivity (Wildman–Crippen MR) is 70.9 cm³/mol. The SMILES string of the molecule is C#CCN(CC(=O)O)S(=O)(=O)c1ccsc1C(=O)OC. The van der Waals surface area contributed by atoms with Gasteiger partial charge in [-0.15, -0.1) is 17.8 Å². The third kappa shape index (κ3) is 3.36. The van der Waals surface area contributed by atoms with E-state index >= 15 is 0 Å². The summed E-state index contributed by atoms with van der Waals surface area (Å²) in [7, 11) is -3.06. The van der Waals surface area contributed by atoms with E-state index in [4.69, 9.17) is 11.5 Å². The monoisotopic (exact) mass is 317 g/mol. The molecule has 108 valence electrons. The van der Waals surface area contributed by atoms with E-state index in [-0.39, 0.29) is 9.77 Å². The zero-order chi connectivity index (χ0) is 15.3. The van der Waals surface area contributed by atoms with E-state index in [1.54, 1.807) is 0 Å². The van der Waals surface area contributed by atoms with Gasteiger partial charge < -0.3 is 9.84 Å². The molecule has 0 atom stereocenters. The number of carbonyl (C=O) groups is 2. The van der Waals surface area contributed by atoms with Crippen LogP contribution in [0.1, 0.15) is 9.67 Å². The summed E-state index contributed by atoms with van der Waals surface area (Å²) in [5, 5.41) is 10.1. The third-order valence-electron chi connectivity index (χ3n) is 2.20. The number of terminal acetylenes is 1. The number of hydrogen-bond donors (Lipinski definition) is 1. The lowest BCUT2D eigenvalue weighted by Gasteiger charge is -2.17. The van der Waals surface area contributed by atoms with Crippen LogP contribution in [0.4, 0.5) is 0 Å². The predicted octanol–water partition coefficient (Wildman–Crippen LogP) is 0.243. The van der Waals surface area contributed by atoms with Gasteiger partial charge in [-0.2, -0.15) is 4.31 Å². The lowest BCUT2D eigenvalue weighted by atomic mass is 10.5. The Morgan fingerprint density at radius 3 is 2.70 bits per heavy atom. The van der Waals surface area contributed by atoms with E-state index in [2.05, 4.69) is 10.7 Å². The van der Waals surface area contributed by atoms with Crippen molar-refractivity contribution < 1.29 is 27.9 Å². The van der Waals surface area contributed by atoms with E-state index in [9.17, 15) is 18.0 Å². The van der Waals surface area contributed by atoms with E-state index in [0.717, 1.165) is 18.4 Å². The maximum absolute atomic E-state index is 12.3. The summed E-state index contributed by atoms with van der Waals surface area (Å²) in [6, 6.07) is 1.21. The largest absolute Gasteiger partial charge is 0.480 e. The second kappa shape index (κ2) is 6.51. The Balaban J connectivity index is 3.27. The highest BCUT2D eigenvalue weighted by Gasteiger charge is 2.31. The maximum Gasteiger partial charge on any atom is 0.349 e. The number of carboxylic acid groups (broad SMARTS) is 1. The molecule has 0 spiro atoms. The average molecular weight is 317 g/mol. The highest BCUT2D eigenvalue weighted by Crippen LogP contribution is 2.25. The van der Waals surface area contributed by atoms with Crippen LogP contribution in [0.15, 0.2) is 16.3 Å². The van der Waals surface area contributed by atoms with Crippen molar-refractivity contribution in [2.75, 3.05) is 20.2 Å². The van der Waals surface area contributed by atoms with Gasteiger partial charge in [-0.05, 0) is 11.4 Å². The fourth-order valence-corrected chi connectivity index (χ4v) is 3.97. The van der Waals surface area contributed by atoms with E-state index in [1.165, 1.54) is 11.4 Å². The van der Waals surface area contributed by atoms with Crippen molar-refractivity contribution in [3.8, 4) is 12.3 Å². The second-order valence-electron chi connectivity index (χ2n) is 3.48. The zero-order valence-electron chi connectivity index (χ0n) is 10.4. The molecule has 0 aliphatic heterocycles. The lowest BCUT2D eigenvalue weighted by Crippen LogP contribution is -2.36. The number of aliphatic carboxylic acids is 1. The molecule has 0 unspecified atom stereocenters. The molecule has 0 saturated carbocycles. The Hall–Kier alpha value is -1.89. The van der Waals surface area contributed by atoms with Crippen LogP contribution in [-0.2, 0) is 19.6 Å². The molecule has 1 aromatic heterocycles. The molecular formula is C11H11NO6S2. The van der Waals surface area contributed by atoms with Gasteiger partial charge in [-0.3, -0.25) is 4.79 Å². The molecule has 0 bridgehead atoms. The van der Waals surface area contributed by atoms with Crippen molar-refractivity contribution in [1.82, 2.24) is 4.31 Å².